The molecule has 0 aliphatic carbocycles. The monoisotopic (exact) mass is 424 g/mol. The minimum absolute atomic E-state index is 0.0208. The molecule has 0 bridgehead atoms. The van der Waals surface area contributed by atoms with Gasteiger partial charge in [0.05, 0.1) is 11.0 Å². The molecule has 1 saturated heterocycles. The van der Waals surface area contributed by atoms with Crippen LogP contribution in [0.5, 0.6) is 0 Å². The van der Waals surface area contributed by atoms with Crippen LogP contribution in [-0.2, 0) is 0 Å². The zero-order valence-corrected chi connectivity index (χ0v) is 17.0. The maximum atomic E-state index is 13.5. The SMILES string of the molecule is Cc1cc([N+](=O)[O-])cnc1N1CCN(C(c2ccc(F)cc2)c2ccc(F)cc2)CC1. The second-order valence-corrected chi connectivity index (χ2v) is 7.62. The Morgan fingerprint density at radius 3 is 1.90 bits per heavy atom. The molecule has 0 atom stereocenters. The van der Waals surface area contributed by atoms with Crippen LogP contribution in [0.2, 0.25) is 0 Å². The Labute approximate surface area is 178 Å². The van der Waals surface area contributed by atoms with E-state index in [-0.39, 0.29) is 23.4 Å². The Morgan fingerprint density at radius 2 is 1.45 bits per heavy atom. The molecule has 0 radical (unpaired) electrons. The molecule has 2 aromatic carbocycles. The highest BCUT2D eigenvalue weighted by molar-refractivity contribution is 5.51. The van der Waals surface area contributed by atoms with Crippen molar-refractivity contribution in [2.45, 2.75) is 13.0 Å². The lowest BCUT2D eigenvalue weighted by Gasteiger charge is -2.40. The van der Waals surface area contributed by atoms with Crippen LogP contribution in [0.3, 0.4) is 0 Å². The number of anilines is 1. The number of piperazine rings is 1. The smallest absolute Gasteiger partial charge is 0.287 e. The van der Waals surface area contributed by atoms with Crippen LogP contribution in [0.4, 0.5) is 20.3 Å². The van der Waals surface area contributed by atoms with Crippen LogP contribution in [0.1, 0.15) is 22.7 Å². The van der Waals surface area contributed by atoms with Crippen molar-refractivity contribution in [2.24, 2.45) is 0 Å². The molecule has 1 aliphatic heterocycles. The third-order valence-electron chi connectivity index (χ3n) is 5.60. The van der Waals surface area contributed by atoms with Crippen molar-refractivity contribution in [3.05, 3.63) is 99.2 Å². The van der Waals surface area contributed by atoms with Crippen molar-refractivity contribution in [3.8, 4) is 0 Å². The summed E-state index contributed by atoms with van der Waals surface area (Å²) in [4.78, 5) is 19.2. The number of hydrogen-bond acceptors (Lipinski definition) is 5. The van der Waals surface area contributed by atoms with Gasteiger partial charge >= 0.3 is 0 Å². The summed E-state index contributed by atoms with van der Waals surface area (Å²) in [6.45, 7) is 4.60. The molecule has 0 unspecified atom stereocenters. The maximum absolute atomic E-state index is 13.5. The number of aromatic nitrogens is 1. The number of benzene rings is 2. The van der Waals surface area contributed by atoms with E-state index >= 15 is 0 Å². The third-order valence-corrected chi connectivity index (χ3v) is 5.60. The van der Waals surface area contributed by atoms with Crippen LogP contribution in [-0.4, -0.2) is 41.0 Å². The molecule has 2 heterocycles. The predicted octanol–water partition coefficient (Wildman–Crippen LogP) is 4.49. The highest BCUT2D eigenvalue weighted by Gasteiger charge is 2.28. The van der Waals surface area contributed by atoms with Gasteiger partial charge in [0, 0.05) is 32.2 Å². The standard InChI is InChI=1S/C23H22F2N4O2/c1-16-14-21(29(30)31)15-26-23(16)28-12-10-27(11-13-28)22(17-2-6-19(24)7-3-17)18-4-8-20(25)9-5-18/h2-9,14-15,22H,10-13H2,1H3. The topological polar surface area (TPSA) is 62.5 Å². The summed E-state index contributed by atoms with van der Waals surface area (Å²) in [5.41, 5.74) is 2.61. The molecule has 0 spiro atoms. The Kier molecular flexibility index (Phi) is 5.90. The normalized spacial score (nSPS) is 14.8. The molecule has 0 saturated carbocycles. The summed E-state index contributed by atoms with van der Waals surface area (Å²) in [7, 11) is 0. The van der Waals surface area contributed by atoms with Crippen LogP contribution in [0, 0.1) is 28.7 Å². The predicted molar refractivity (Wildman–Crippen MR) is 114 cm³/mol. The number of pyridine rings is 1. The molecule has 1 aliphatic rings. The van der Waals surface area contributed by atoms with E-state index < -0.39 is 4.92 Å². The lowest BCUT2D eigenvalue weighted by atomic mass is 9.96. The minimum Gasteiger partial charge on any atom is -0.354 e. The van der Waals surface area contributed by atoms with Crippen LogP contribution in [0.15, 0.2) is 60.8 Å². The van der Waals surface area contributed by atoms with Gasteiger partial charge in [0.2, 0.25) is 0 Å². The number of aryl methyl sites for hydroxylation is 1. The van der Waals surface area contributed by atoms with Crippen LogP contribution >= 0.6 is 0 Å². The van der Waals surface area contributed by atoms with E-state index in [1.807, 2.05) is 6.92 Å². The summed E-state index contributed by atoms with van der Waals surface area (Å²) in [5, 5.41) is 11.0. The van der Waals surface area contributed by atoms with Crippen LogP contribution in [0.25, 0.3) is 0 Å². The first-order chi connectivity index (χ1) is 14.9. The van der Waals surface area contributed by atoms with Gasteiger partial charge in [-0.15, -0.1) is 0 Å². The Bertz CT molecular complexity index is 1020. The quantitative estimate of drug-likeness (QED) is 0.446. The molecule has 4 rings (SSSR count). The van der Waals surface area contributed by atoms with E-state index in [4.69, 9.17) is 0 Å². The molecule has 6 nitrogen and oxygen atoms in total. The van der Waals surface area contributed by atoms with Crippen molar-refractivity contribution < 1.29 is 13.7 Å². The number of rotatable bonds is 5. The van der Waals surface area contributed by atoms with Gasteiger partial charge in [-0.25, -0.2) is 13.8 Å². The zero-order valence-electron chi connectivity index (χ0n) is 17.0. The molecular weight excluding hydrogens is 402 g/mol. The van der Waals surface area contributed by atoms with Gasteiger partial charge in [-0.2, -0.15) is 0 Å². The molecule has 3 aromatic rings. The number of halogens is 2. The Hall–Kier alpha value is -3.39. The van der Waals surface area contributed by atoms with Crippen molar-refractivity contribution in [1.82, 2.24) is 9.88 Å². The van der Waals surface area contributed by atoms with Gasteiger partial charge in [-0.1, -0.05) is 24.3 Å². The molecule has 0 N–H and O–H groups in total. The molecule has 8 heteroatoms. The van der Waals surface area contributed by atoms with Crippen molar-refractivity contribution in [3.63, 3.8) is 0 Å². The summed E-state index contributed by atoms with van der Waals surface area (Å²) < 4.78 is 27.0. The molecular formula is C23H22F2N4O2. The number of hydrogen-bond donors (Lipinski definition) is 0. The van der Waals surface area contributed by atoms with E-state index in [2.05, 4.69) is 14.8 Å². The van der Waals surface area contributed by atoms with Crippen molar-refractivity contribution in [1.29, 1.82) is 0 Å². The van der Waals surface area contributed by atoms with Gasteiger partial charge in [-0.3, -0.25) is 15.0 Å². The molecule has 160 valence electrons. The van der Waals surface area contributed by atoms with Gasteiger partial charge < -0.3 is 4.90 Å². The lowest BCUT2D eigenvalue weighted by Crippen LogP contribution is -2.48. The van der Waals surface area contributed by atoms with Crippen LogP contribution < -0.4 is 4.90 Å². The fraction of sp³-hybridized carbons (Fsp3) is 0.261. The molecule has 31 heavy (non-hydrogen) atoms. The van der Waals surface area contributed by atoms with E-state index in [0.717, 1.165) is 22.5 Å². The number of nitro groups is 1. The average molecular weight is 424 g/mol. The Morgan fingerprint density at radius 1 is 0.935 bits per heavy atom. The van der Waals surface area contributed by atoms with E-state index in [1.165, 1.54) is 36.5 Å². The van der Waals surface area contributed by atoms with E-state index in [0.29, 0.717) is 26.2 Å². The molecule has 1 fully saturated rings. The lowest BCUT2D eigenvalue weighted by molar-refractivity contribution is -0.385. The second kappa shape index (κ2) is 8.77. The fourth-order valence-corrected chi connectivity index (χ4v) is 4.08. The van der Waals surface area contributed by atoms with Crippen molar-refractivity contribution in [2.75, 3.05) is 31.1 Å². The zero-order chi connectivity index (χ0) is 22.0. The third kappa shape index (κ3) is 4.54. The van der Waals surface area contributed by atoms with Gasteiger partial charge in [0.25, 0.3) is 5.69 Å². The largest absolute Gasteiger partial charge is 0.354 e. The second-order valence-electron chi connectivity index (χ2n) is 7.62. The fourth-order valence-electron chi connectivity index (χ4n) is 4.08. The maximum Gasteiger partial charge on any atom is 0.287 e. The summed E-state index contributed by atoms with van der Waals surface area (Å²) in [5.74, 6) is 0.141. The Balaban J connectivity index is 1.56. The summed E-state index contributed by atoms with van der Waals surface area (Å²) in [6.07, 6.45) is 1.29. The summed E-state index contributed by atoms with van der Waals surface area (Å²) >= 11 is 0. The van der Waals surface area contributed by atoms with E-state index in [9.17, 15) is 18.9 Å². The summed E-state index contributed by atoms with van der Waals surface area (Å²) in [6, 6.07) is 14.2. The highest BCUT2D eigenvalue weighted by atomic mass is 19.1. The van der Waals surface area contributed by atoms with Gasteiger partial charge in [0.1, 0.15) is 23.6 Å². The first-order valence-corrected chi connectivity index (χ1v) is 10.0. The van der Waals surface area contributed by atoms with E-state index in [1.54, 1.807) is 24.3 Å². The first-order valence-electron chi connectivity index (χ1n) is 10.0. The average Bonchev–Trinajstić information content (AvgIpc) is 2.77. The molecule has 1 aromatic heterocycles. The number of nitrogens with zero attached hydrogens (tertiary/aromatic N) is 4. The van der Waals surface area contributed by atoms with Gasteiger partial charge in [0.15, 0.2) is 0 Å². The van der Waals surface area contributed by atoms with Gasteiger partial charge in [-0.05, 0) is 47.9 Å². The first kappa shape index (κ1) is 20.9. The molecule has 0 amide bonds. The minimum atomic E-state index is -0.447. The highest BCUT2D eigenvalue weighted by Crippen LogP contribution is 2.31. The van der Waals surface area contributed by atoms with Crippen molar-refractivity contribution >= 4 is 11.5 Å².